The molecule has 2 nitrogen and oxygen atoms in total. The van der Waals surface area contributed by atoms with Gasteiger partial charge in [-0.1, -0.05) is 24.3 Å². The molecule has 0 saturated heterocycles. The monoisotopic (exact) mass is 237 g/mol. The van der Waals surface area contributed by atoms with Gasteiger partial charge in [0.15, 0.2) is 0 Å². The molecule has 0 amide bonds. The number of rotatable bonds is 2. The summed E-state index contributed by atoms with van der Waals surface area (Å²) >= 11 is 0. The first-order valence-electron chi connectivity index (χ1n) is 5.82. The molecule has 0 aromatic heterocycles. The lowest BCUT2D eigenvalue weighted by Crippen LogP contribution is -1.95. The zero-order valence-corrected chi connectivity index (χ0v) is 10.8. The number of hydrogen-bond acceptors (Lipinski definition) is 2. The number of ether oxygens (including phenoxy) is 1. The van der Waals surface area contributed by atoms with Crippen LogP contribution in [0.5, 0.6) is 5.75 Å². The standard InChI is InChI=1S/C16H15NO/c1-11-6-4-8-13(10-17)15(11)16-12(2)7-5-9-14(16)18-3/h4-9H,1-3H3. The third-order valence-corrected chi connectivity index (χ3v) is 3.10. The Balaban J connectivity index is 2.82. The third-order valence-electron chi connectivity index (χ3n) is 3.10. The van der Waals surface area contributed by atoms with Crippen molar-refractivity contribution >= 4 is 0 Å². The van der Waals surface area contributed by atoms with E-state index in [0.717, 1.165) is 28.0 Å². The van der Waals surface area contributed by atoms with Crippen LogP contribution in [-0.4, -0.2) is 7.11 Å². The minimum Gasteiger partial charge on any atom is -0.496 e. The van der Waals surface area contributed by atoms with Crippen LogP contribution in [0, 0.1) is 25.2 Å². The molecule has 0 atom stereocenters. The smallest absolute Gasteiger partial charge is 0.127 e. The summed E-state index contributed by atoms with van der Waals surface area (Å²) in [5, 5.41) is 9.27. The summed E-state index contributed by atoms with van der Waals surface area (Å²) in [6.45, 7) is 4.05. The summed E-state index contributed by atoms with van der Waals surface area (Å²) < 4.78 is 5.43. The lowest BCUT2D eigenvalue weighted by atomic mass is 9.92. The van der Waals surface area contributed by atoms with E-state index in [0.29, 0.717) is 5.56 Å². The summed E-state index contributed by atoms with van der Waals surface area (Å²) in [7, 11) is 1.66. The van der Waals surface area contributed by atoms with Gasteiger partial charge in [0, 0.05) is 11.1 Å². The molecule has 2 aromatic carbocycles. The molecular weight excluding hydrogens is 222 g/mol. The molecule has 2 aromatic rings. The van der Waals surface area contributed by atoms with Crippen molar-refractivity contribution in [3.63, 3.8) is 0 Å². The first-order chi connectivity index (χ1) is 8.69. The van der Waals surface area contributed by atoms with Crippen LogP contribution in [0.25, 0.3) is 11.1 Å². The van der Waals surface area contributed by atoms with Crippen LogP contribution in [0.1, 0.15) is 16.7 Å². The van der Waals surface area contributed by atoms with Crippen LogP contribution < -0.4 is 4.74 Å². The Hall–Kier alpha value is -2.27. The predicted octanol–water partition coefficient (Wildman–Crippen LogP) is 3.85. The Kier molecular flexibility index (Phi) is 3.34. The van der Waals surface area contributed by atoms with Crippen molar-refractivity contribution in [1.82, 2.24) is 0 Å². The van der Waals surface area contributed by atoms with Gasteiger partial charge in [0.1, 0.15) is 5.75 Å². The Morgan fingerprint density at radius 2 is 1.56 bits per heavy atom. The van der Waals surface area contributed by atoms with Gasteiger partial charge in [0.05, 0.1) is 18.7 Å². The highest BCUT2D eigenvalue weighted by Crippen LogP contribution is 2.36. The van der Waals surface area contributed by atoms with E-state index in [2.05, 4.69) is 6.07 Å². The molecule has 0 saturated carbocycles. The molecule has 0 spiro atoms. The number of nitrogens with zero attached hydrogens (tertiary/aromatic N) is 1. The molecule has 0 aliphatic heterocycles. The highest BCUT2D eigenvalue weighted by Gasteiger charge is 2.14. The lowest BCUT2D eigenvalue weighted by Gasteiger charge is -2.15. The summed E-state index contributed by atoms with van der Waals surface area (Å²) in [6, 6.07) is 13.9. The van der Waals surface area contributed by atoms with Gasteiger partial charge in [-0.2, -0.15) is 5.26 Å². The van der Waals surface area contributed by atoms with Gasteiger partial charge in [-0.05, 0) is 37.1 Å². The van der Waals surface area contributed by atoms with Gasteiger partial charge in [0.2, 0.25) is 0 Å². The molecule has 0 fully saturated rings. The normalized spacial score (nSPS) is 9.89. The van der Waals surface area contributed by atoms with Crippen molar-refractivity contribution in [2.75, 3.05) is 7.11 Å². The Morgan fingerprint density at radius 1 is 0.944 bits per heavy atom. The Morgan fingerprint density at radius 3 is 2.17 bits per heavy atom. The number of methoxy groups -OCH3 is 1. The van der Waals surface area contributed by atoms with E-state index in [1.807, 2.05) is 50.2 Å². The highest BCUT2D eigenvalue weighted by atomic mass is 16.5. The fourth-order valence-corrected chi connectivity index (χ4v) is 2.22. The second-order valence-electron chi connectivity index (χ2n) is 4.26. The Bertz CT molecular complexity index is 623. The topological polar surface area (TPSA) is 33.0 Å². The van der Waals surface area contributed by atoms with Gasteiger partial charge < -0.3 is 4.74 Å². The number of nitriles is 1. The second kappa shape index (κ2) is 4.93. The lowest BCUT2D eigenvalue weighted by molar-refractivity contribution is 0.416. The van der Waals surface area contributed by atoms with E-state index >= 15 is 0 Å². The van der Waals surface area contributed by atoms with Crippen LogP contribution in [-0.2, 0) is 0 Å². The van der Waals surface area contributed by atoms with Crippen LogP contribution in [0.15, 0.2) is 36.4 Å². The van der Waals surface area contributed by atoms with Crippen LogP contribution in [0.4, 0.5) is 0 Å². The number of benzene rings is 2. The van der Waals surface area contributed by atoms with Crippen molar-refractivity contribution in [2.24, 2.45) is 0 Å². The molecule has 0 N–H and O–H groups in total. The minimum absolute atomic E-state index is 0.683. The minimum atomic E-state index is 0.683. The average molecular weight is 237 g/mol. The van der Waals surface area contributed by atoms with Crippen molar-refractivity contribution in [1.29, 1.82) is 5.26 Å². The molecule has 0 heterocycles. The van der Waals surface area contributed by atoms with E-state index in [1.54, 1.807) is 7.11 Å². The summed E-state index contributed by atoms with van der Waals surface area (Å²) in [6.07, 6.45) is 0. The summed E-state index contributed by atoms with van der Waals surface area (Å²) in [5.41, 5.74) is 4.86. The zero-order chi connectivity index (χ0) is 13.1. The second-order valence-corrected chi connectivity index (χ2v) is 4.26. The predicted molar refractivity (Wildman–Crippen MR) is 72.6 cm³/mol. The maximum atomic E-state index is 9.27. The van der Waals surface area contributed by atoms with Gasteiger partial charge in [-0.15, -0.1) is 0 Å². The SMILES string of the molecule is COc1cccc(C)c1-c1c(C)cccc1C#N. The van der Waals surface area contributed by atoms with Gasteiger partial charge in [-0.25, -0.2) is 0 Å². The summed E-state index contributed by atoms with van der Waals surface area (Å²) in [5.74, 6) is 0.806. The quantitative estimate of drug-likeness (QED) is 0.794. The average Bonchev–Trinajstić information content (AvgIpc) is 2.38. The molecule has 2 heteroatoms. The Labute approximate surface area is 107 Å². The van der Waals surface area contributed by atoms with E-state index in [4.69, 9.17) is 4.74 Å². The van der Waals surface area contributed by atoms with E-state index in [9.17, 15) is 5.26 Å². The van der Waals surface area contributed by atoms with Gasteiger partial charge in [-0.3, -0.25) is 0 Å². The first-order valence-corrected chi connectivity index (χ1v) is 5.82. The first kappa shape index (κ1) is 12.2. The van der Waals surface area contributed by atoms with Gasteiger partial charge in [0.25, 0.3) is 0 Å². The zero-order valence-electron chi connectivity index (χ0n) is 10.8. The molecule has 0 aliphatic carbocycles. The van der Waals surface area contributed by atoms with Crippen molar-refractivity contribution in [2.45, 2.75) is 13.8 Å². The van der Waals surface area contributed by atoms with Gasteiger partial charge >= 0.3 is 0 Å². The molecule has 0 radical (unpaired) electrons. The van der Waals surface area contributed by atoms with Crippen LogP contribution in [0.3, 0.4) is 0 Å². The largest absolute Gasteiger partial charge is 0.496 e. The van der Waals surface area contributed by atoms with E-state index in [-0.39, 0.29) is 0 Å². The molecule has 0 unspecified atom stereocenters. The molecule has 2 rings (SSSR count). The number of hydrogen-bond donors (Lipinski definition) is 0. The molecule has 0 bridgehead atoms. The molecule has 0 aliphatic rings. The molecule has 18 heavy (non-hydrogen) atoms. The third kappa shape index (κ3) is 1.96. The van der Waals surface area contributed by atoms with E-state index < -0.39 is 0 Å². The summed E-state index contributed by atoms with van der Waals surface area (Å²) in [4.78, 5) is 0. The maximum absolute atomic E-state index is 9.27. The van der Waals surface area contributed by atoms with Crippen LogP contribution >= 0.6 is 0 Å². The van der Waals surface area contributed by atoms with E-state index in [1.165, 1.54) is 0 Å². The highest BCUT2D eigenvalue weighted by molar-refractivity contribution is 5.80. The number of aryl methyl sites for hydroxylation is 2. The molecule has 90 valence electrons. The fourth-order valence-electron chi connectivity index (χ4n) is 2.22. The molecular formula is C16H15NO. The maximum Gasteiger partial charge on any atom is 0.127 e. The fraction of sp³-hybridized carbons (Fsp3) is 0.188. The van der Waals surface area contributed by atoms with Crippen LogP contribution in [0.2, 0.25) is 0 Å². The van der Waals surface area contributed by atoms with Crippen molar-refractivity contribution < 1.29 is 4.74 Å². The van der Waals surface area contributed by atoms with Crippen molar-refractivity contribution in [3.05, 3.63) is 53.1 Å². The van der Waals surface area contributed by atoms with Crippen molar-refractivity contribution in [3.8, 4) is 22.9 Å².